The van der Waals surface area contributed by atoms with E-state index in [-0.39, 0.29) is 4.90 Å². The van der Waals surface area contributed by atoms with Crippen molar-refractivity contribution in [1.82, 2.24) is 9.21 Å². The highest BCUT2D eigenvalue weighted by Gasteiger charge is 2.28. The lowest BCUT2D eigenvalue weighted by Gasteiger charge is -2.34. The minimum Gasteiger partial charge on any atom is -0.479 e. The lowest BCUT2D eigenvalue weighted by atomic mass is 10.1. The molecule has 2 aromatic rings. The molecular formula is C20H23FN2O5S. The van der Waals surface area contributed by atoms with E-state index in [0.29, 0.717) is 44.0 Å². The topological polar surface area (TPSA) is 87.2 Å². The van der Waals surface area contributed by atoms with Crippen LogP contribution in [0.4, 0.5) is 4.39 Å². The number of carboxylic acid groups (broad SMARTS) is 1. The van der Waals surface area contributed by atoms with Gasteiger partial charge >= 0.3 is 5.97 Å². The molecule has 0 amide bonds. The van der Waals surface area contributed by atoms with Gasteiger partial charge in [-0.05, 0) is 37.3 Å². The number of carboxylic acids is 1. The minimum absolute atomic E-state index is 0.261. The maximum absolute atomic E-state index is 13.7. The Morgan fingerprint density at radius 2 is 1.79 bits per heavy atom. The minimum atomic E-state index is -3.54. The van der Waals surface area contributed by atoms with Crippen LogP contribution in [0.5, 0.6) is 5.75 Å². The summed E-state index contributed by atoms with van der Waals surface area (Å²) >= 11 is 0. The van der Waals surface area contributed by atoms with Gasteiger partial charge in [-0.3, -0.25) is 4.90 Å². The molecular weight excluding hydrogens is 399 g/mol. The van der Waals surface area contributed by atoms with Crippen molar-refractivity contribution >= 4 is 16.0 Å². The van der Waals surface area contributed by atoms with Gasteiger partial charge in [0.25, 0.3) is 0 Å². The van der Waals surface area contributed by atoms with Crippen molar-refractivity contribution in [2.24, 2.45) is 0 Å². The third kappa shape index (κ3) is 5.11. The fraction of sp³-hybridized carbons (Fsp3) is 0.350. The van der Waals surface area contributed by atoms with Gasteiger partial charge in [-0.1, -0.05) is 18.2 Å². The molecule has 0 radical (unpaired) electrons. The number of piperazine rings is 1. The zero-order valence-corrected chi connectivity index (χ0v) is 16.8. The Hall–Kier alpha value is -2.49. The van der Waals surface area contributed by atoms with Crippen molar-refractivity contribution < 1.29 is 27.4 Å². The number of halogens is 1. The highest BCUT2D eigenvalue weighted by atomic mass is 32.2. The van der Waals surface area contributed by atoms with Crippen molar-refractivity contribution in [2.75, 3.05) is 26.2 Å². The van der Waals surface area contributed by atoms with E-state index in [1.807, 2.05) is 4.90 Å². The molecule has 0 aromatic heterocycles. The summed E-state index contributed by atoms with van der Waals surface area (Å²) in [5, 5.41) is 9.04. The molecule has 0 saturated carbocycles. The molecule has 1 heterocycles. The zero-order chi connectivity index (χ0) is 21.0. The van der Waals surface area contributed by atoms with Crippen molar-refractivity contribution in [3.63, 3.8) is 0 Å². The van der Waals surface area contributed by atoms with Crippen LogP contribution in [-0.2, 0) is 21.4 Å². The molecule has 3 rings (SSSR count). The Morgan fingerprint density at radius 1 is 1.14 bits per heavy atom. The summed E-state index contributed by atoms with van der Waals surface area (Å²) in [5.74, 6) is -1.25. The van der Waals surface area contributed by atoms with Gasteiger partial charge in [-0.15, -0.1) is 0 Å². The van der Waals surface area contributed by atoms with Gasteiger partial charge in [0.05, 0.1) is 4.90 Å². The first-order chi connectivity index (χ1) is 13.8. The highest BCUT2D eigenvalue weighted by molar-refractivity contribution is 7.89. The highest BCUT2D eigenvalue weighted by Crippen LogP contribution is 2.24. The van der Waals surface area contributed by atoms with Gasteiger partial charge in [0.1, 0.15) is 11.6 Å². The van der Waals surface area contributed by atoms with E-state index in [1.165, 1.54) is 29.4 Å². The Balaban J connectivity index is 1.67. The van der Waals surface area contributed by atoms with E-state index < -0.39 is 27.9 Å². The van der Waals surface area contributed by atoms with Crippen LogP contribution in [-0.4, -0.2) is 61.0 Å². The van der Waals surface area contributed by atoms with E-state index in [9.17, 15) is 17.6 Å². The molecule has 1 fully saturated rings. The molecule has 156 valence electrons. The first kappa shape index (κ1) is 21.2. The second kappa shape index (κ2) is 8.89. The quantitative estimate of drug-likeness (QED) is 0.736. The standard InChI is InChI=1S/C20H23FN2O5S/c1-15(20(24)25)28-19-8-7-17(21)13-16(19)14-22-9-11-23(12-10-22)29(26,27)18-5-3-2-4-6-18/h2-8,13,15H,9-12,14H2,1H3,(H,24,25). The summed E-state index contributed by atoms with van der Waals surface area (Å²) in [6.07, 6.45) is -1.06. The Kier molecular flexibility index (Phi) is 6.51. The zero-order valence-electron chi connectivity index (χ0n) is 16.0. The van der Waals surface area contributed by atoms with Crippen molar-refractivity contribution in [3.8, 4) is 5.75 Å². The summed E-state index contributed by atoms with van der Waals surface area (Å²) in [6.45, 7) is 3.30. The van der Waals surface area contributed by atoms with Crippen LogP contribution in [0, 0.1) is 5.82 Å². The van der Waals surface area contributed by atoms with E-state index in [0.717, 1.165) is 0 Å². The summed E-state index contributed by atoms with van der Waals surface area (Å²) in [4.78, 5) is 13.3. The molecule has 1 N–H and O–H groups in total. The second-order valence-electron chi connectivity index (χ2n) is 6.84. The largest absolute Gasteiger partial charge is 0.479 e. The van der Waals surface area contributed by atoms with Crippen LogP contribution in [0.3, 0.4) is 0 Å². The molecule has 1 aliphatic heterocycles. The molecule has 29 heavy (non-hydrogen) atoms. The number of carbonyl (C=O) groups is 1. The van der Waals surface area contributed by atoms with Gasteiger partial charge in [-0.2, -0.15) is 4.31 Å². The SMILES string of the molecule is CC(Oc1ccc(F)cc1CN1CCN(S(=O)(=O)c2ccccc2)CC1)C(=O)O. The molecule has 0 bridgehead atoms. The van der Waals surface area contributed by atoms with Gasteiger partial charge in [0, 0.05) is 38.3 Å². The number of aliphatic carboxylic acids is 1. The van der Waals surface area contributed by atoms with E-state index >= 15 is 0 Å². The third-order valence-corrected chi connectivity index (χ3v) is 6.69. The number of sulfonamides is 1. The number of hydrogen-bond donors (Lipinski definition) is 1. The second-order valence-corrected chi connectivity index (χ2v) is 8.78. The first-order valence-corrected chi connectivity index (χ1v) is 10.7. The number of hydrogen-bond acceptors (Lipinski definition) is 5. The molecule has 9 heteroatoms. The maximum Gasteiger partial charge on any atom is 0.344 e. The summed E-state index contributed by atoms with van der Waals surface area (Å²) in [7, 11) is -3.54. The lowest BCUT2D eigenvalue weighted by molar-refractivity contribution is -0.144. The molecule has 0 aliphatic carbocycles. The van der Waals surface area contributed by atoms with Crippen molar-refractivity contribution in [1.29, 1.82) is 0 Å². The average molecular weight is 422 g/mol. The van der Waals surface area contributed by atoms with Crippen molar-refractivity contribution in [2.45, 2.75) is 24.5 Å². The van der Waals surface area contributed by atoms with Crippen LogP contribution in [0.15, 0.2) is 53.4 Å². The van der Waals surface area contributed by atoms with Crippen molar-refractivity contribution in [3.05, 3.63) is 59.9 Å². The van der Waals surface area contributed by atoms with Crippen LogP contribution in [0.2, 0.25) is 0 Å². The smallest absolute Gasteiger partial charge is 0.344 e. The molecule has 1 aliphatic rings. The van der Waals surface area contributed by atoms with Gasteiger partial charge in [0.15, 0.2) is 6.10 Å². The lowest BCUT2D eigenvalue weighted by Crippen LogP contribution is -2.48. The van der Waals surface area contributed by atoms with Gasteiger partial charge in [-0.25, -0.2) is 17.6 Å². The molecule has 0 spiro atoms. The van der Waals surface area contributed by atoms with E-state index in [4.69, 9.17) is 9.84 Å². The Morgan fingerprint density at radius 3 is 2.41 bits per heavy atom. The Labute approximate surface area is 169 Å². The van der Waals surface area contributed by atoms with Crippen LogP contribution < -0.4 is 4.74 Å². The molecule has 1 unspecified atom stereocenters. The molecule has 7 nitrogen and oxygen atoms in total. The Bertz CT molecular complexity index is 960. The maximum atomic E-state index is 13.7. The van der Waals surface area contributed by atoms with Gasteiger partial charge < -0.3 is 9.84 Å². The number of benzene rings is 2. The molecule has 1 saturated heterocycles. The number of nitrogens with zero attached hydrogens (tertiary/aromatic N) is 2. The van der Waals surface area contributed by atoms with E-state index in [2.05, 4.69) is 0 Å². The summed E-state index contributed by atoms with van der Waals surface area (Å²) in [5.41, 5.74) is 0.525. The predicted octanol–water partition coefficient (Wildman–Crippen LogP) is 2.18. The third-order valence-electron chi connectivity index (χ3n) is 4.78. The van der Waals surface area contributed by atoms with Crippen LogP contribution in [0.25, 0.3) is 0 Å². The summed E-state index contributed by atoms with van der Waals surface area (Å²) in [6, 6.07) is 12.2. The normalized spacial score (nSPS) is 17.0. The summed E-state index contributed by atoms with van der Waals surface area (Å²) < 4.78 is 46.0. The monoisotopic (exact) mass is 422 g/mol. The fourth-order valence-electron chi connectivity index (χ4n) is 3.14. The predicted molar refractivity (Wildman–Crippen MR) is 105 cm³/mol. The van der Waals surface area contributed by atoms with Gasteiger partial charge in [0.2, 0.25) is 10.0 Å². The fourth-order valence-corrected chi connectivity index (χ4v) is 4.58. The molecule has 2 aromatic carbocycles. The number of ether oxygens (including phenoxy) is 1. The number of rotatable bonds is 7. The van der Waals surface area contributed by atoms with Crippen LogP contribution >= 0.6 is 0 Å². The van der Waals surface area contributed by atoms with E-state index in [1.54, 1.807) is 30.3 Å². The average Bonchev–Trinajstić information content (AvgIpc) is 2.71. The molecule has 1 atom stereocenters. The first-order valence-electron chi connectivity index (χ1n) is 9.23. The van der Waals surface area contributed by atoms with Crippen LogP contribution in [0.1, 0.15) is 12.5 Å².